The molecule has 0 bridgehead atoms. The quantitative estimate of drug-likeness (QED) is 0.205. The second-order valence-electron chi connectivity index (χ2n) is 13.0. The van der Waals surface area contributed by atoms with Gasteiger partial charge >= 0.3 is 0 Å². The van der Waals surface area contributed by atoms with E-state index >= 15 is 0 Å². The molecule has 0 atom stereocenters. The maximum atomic E-state index is 2.46. The minimum absolute atomic E-state index is 0.0578. The van der Waals surface area contributed by atoms with Gasteiger partial charge in [0.2, 0.25) is 0 Å². The van der Waals surface area contributed by atoms with Crippen LogP contribution in [0.25, 0.3) is 54.9 Å². The third-order valence-electron chi connectivity index (χ3n) is 10.1. The summed E-state index contributed by atoms with van der Waals surface area (Å²) in [6.07, 6.45) is 0. The molecule has 2 aliphatic rings. The highest BCUT2D eigenvalue weighted by Gasteiger charge is 2.36. The lowest BCUT2D eigenvalue weighted by molar-refractivity contribution is 0.645. The third kappa shape index (κ3) is 2.82. The first-order valence-corrected chi connectivity index (χ1v) is 14.5. The van der Waals surface area contributed by atoms with E-state index < -0.39 is 0 Å². The molecule has 0 heterocycles. The predicted octanol–water partition coefficient (Wildman–Crippen LogP) is 10.9. The second kappa shape index (κ2) is 7.73. The first-order chi connectivity index (χ1) is 19.2. The minimum Gasteiger partial charge on any atom is -0.0619 e. The summed E-state index contributed by atoms with van der Waals surface area (Å²) in [5, 5.41) is 5.56. The Balaban J connectivity index is 1.52. The van der Waals surface area contributed by atoms with Crippen molar-refractivity contribution < 1.29 is 0 Å². The van der Waals surface area contributed by atoms with Gasteiger partial charge in [-0.2, -0.15) is 0 Å². The van der Waals surface area contributed by atoms with Crippen LogP contribution in [-0.4, -0.2) is 0 Å². The fourth-order valence-corrected chi connectivity index (χ4v) is 8.18. The molecule has 194 valence electrons. The monoisotopic (exact) mass is 514 g/mol. The highest BCUT2D eigenvalue weighted by molar-refractivity contribution is 6.16. The Bertz CT molecular complexity index is 1910. The number of benzene rings is 6. The lowest BCUT2D eigenvalue weighted by Crippen LogP contribution is -2.24. The molecule has 0 nitrogen and oxygen atoms in total. The Kier molecular flexibility index (Phi) is 4.58. The number of hydrogen-bond acceptors (Lipinski definition) is 0. The van der Waals surface area contributed by atoms with Crippen molar-refractivity contribution in [1.29, 1.82) is 0 Å². The third-order valence-corrected chi connectivity index (χ3v) is 10.1. The van der Waals surface area contributed by atoms with Crippen molar-refractivity contribution in [3.05, 3.63) is 130 Å². The van der Waals surface area contributed by atoms with Crippen molar-refractivity contribution in [2.45, 2.75) is 52.4 Å². The van der Waals surface area contributed by atoms with Crippen LogP contribution in [0.3, 0.4) is 0 Å². The number of rotatable bonds is 1. The van der Waals surface area contributed by atoms with Gasteiger partial charge in [-0.15, -0.1) is 0 Å². The molecule has 0 amide bonds. The molecule has 8 rings (SSSR count). The van der Waals surface area contributed by atoms with E-state index in [2.05, 4.69) is 139 Å². The summed E-state index contributed by atoms with van der Waals surface area (Å²) in [6, 6.07) is 36.9. The van der Waals surface area contributed by atoms with Gasteiger partial charge < -0.3 is 0 Å². The summed E-state index contributed by atoms with van der Waals surface area (Å²) in [5.41, 5.74) is 16.5. The lowest BCUT2D eigenvalue weighted by Gasteiger charge is -2.37. The van der Waals surface area contributed by atoms with Crippen LogP contribution in [0.4, 0.5) is 0 Å². The molecule has 0 radical (unpaired) electrons. The second-order valence-corrected chi connectivity index (χ2v) is 13.0. The van der Waals surface area contributed by atoms with Crippen LogP contribution in [-0.2, 0) is 10.8 Å². The molecule has 0 saturated heterocycles. The average molecular weight is 515 g/mol. The number of aryl methyl sites for hydroxylation is 2. The molecule has 6 aromatic carbocycles. The smallest absolute Gasteiger partial charge is 0.0159 e. The van der Waals surface area contributed by atoms with Gasteiger partial charge in [0.1, 0.15) is 0 Å². The zero-order chi connectivity index (χ0) is 27.6. The summed E-state index contributed by atoms with van der Waals surface area (Å²) in [7, 11) is 0. The molecule has 0 fully saturated rings. The molecule has 0 heteroatoms. The zero-order valence-corrected chi connectivity index (χ0v) is 24.2. The van der Waals surface area contributed by atoms with Crippen LogP contribution in [0.5, 0.6) is 0 Å². The first kappa shape index (κ1) is 23.7. The van der Waals surface area contributed by atoms with Crippen LogP contribution in [0.1, 0.15) is 61.1 Å². The molecule has 0 saturated carbocycles. The molecule has 2 aliphatic carbocycles. The molecule has 40 heavy (non-hydrogen) atoms. The van der Waals surface area contributed by atoms with E-state index in [1.165, 1.54) is 88.3 Å². The summed E-state index contributed by atoms with van der Waals surface area (Å²) in [5.74, 6) is 0. The maximum Gasteiger partial charge on any atom is 0.0159 e. The van der Waals surface area contributed by atoms with Gasteiger partial charge in [0, 0.05) is 10.8 Å². The van der Waals surface area contributed by atoms with Gasteiger partial charge in [0.15, 0.2) is 0 Å². The standard InChI is InChI=1S/C40H34/c1-23-21-29(25-15-11-19-33-37(25)35(23)27-13-7-9-17-31(27)39(33,3)4)30-22-24(2)36-28-14-8-10-18-32(28)40(5,6)34-20-12-16-26(30)38(34)36/h7-22H,1-6H3. The highest BCUT2D eigenvalue weighted by Crippen LogP contribution is 2.54. The van der Waals surface area contributed by atoms with E-state index in [4.69, 9.17) is 0 Å². The SMILES string of the molecule is Cc1cc(-c2cc(C)c3c4c(cccc24)C(C)(C)c2ccccc2-3)c2cccc3c2c1-c1ccccc1C3(C)C. The topological polar surface area (TPSA) is 0 Å². The highest BCUT2D eigenvalue weighted by atomic mass is 14.4. The Labute approximate surface area is 237 Å². The van der Waals surface area contributed by atoms with E-state index in [1.54, 1.807) is 0 Å². The van der Waals surface area contributed by atoms with Gasteiger partial charge in [-0.25, -0.2) is 0 Å². The molecule has 0 spiro atoms. The summed E-state index contributed by atoms with van der Waals surface area (Å²) >= 11 is 0. The maximum absolute atomic E-state index is 2.46. The molecular weight excluding hydrogens is 480 g/mol. The largest absolute Gasteiger partial charge is 0.0619 e. The van der Waals surface area contributed by atoms with Crippen LogP contribution in [0, 0.1) is 13.8 Å². The normalized spacial score (nSPS) is 15.7. The van der Waals surface area contributed by atoms with Gasteiger partial charge in [0.25, 0.3) is 0 Å². The van der Waals surface area contributed by atoms with Gasteiger partial charge in [-0.05, 0) is 102 Å². The van der Waals surface area contributed by atoms with Crippen molar-refractivity contribution in [1.82, 2.24) is 0 Å². The van der Waals surface area contributed by atoms with Gasteiger partial charge in [-0.1, -0.05) is 125 Å². The number of fused-ring (bicyclic) bond motifs is 4. The van der Waals surface area contributed by atoms with E-state index in [1.807, 2.05) is 0 Å². The molecule has 0 aromatic heterocycles. The number of hydrogen-bond donors (Lipinski definition) is 0. The van der Waals surface area contributed by atoms with E-state index in [9.17, 15) is 0 Å². The van der Waals surface area contributed by atoms with Crippen molar-refractivity contribution in [3.63, 3.8) is 0 Å². The van der Waals surface area contributed by atoms with Crippen molar-refractivity contribution in [2.75, 3.05) is 0 Å². The zero-order valence-electron chi connectivity index (χ0n) is 24.2. The Morgan fingerprint density at radius 3 is 1.20 bits per heavy atom. The van der Waals surface area contributed by atoms with E-state index in [-0.39, 0.29) is 10.8 Å². The van der Waals surface area contributed by atoms with Crippen LogP contribution < -0.4 is 0 Å². The minimum atomic E-state index is -0.0578. The first-order valence-electron chi connectivity index (χ1n) is 14.5. The molecule has 0 aliphatic heterocycles. The van der Waals surface area contributed by atoms with Crippen molar-refractivity contribution in [3.8, 4) is 33.4 Å². The lowest BCUT2D eigenvalue weighted by atomic mass is 9.66. The summed E-state index contributed by atoms with van der Waals surface area (Å²) in [6.45, 7) is 14.2. The predicted molar refractivity (Wildman–Crippen MR) is 171 cm³/mol. The summed E-state index contributed by atoms with van der Waals surface area (Å²) in [4.78, 5) is 0. The van der Waals surface area contributed by atoms with Crippen LogP contribution >= 0.6 is 0 Å². The molecule has 6 aromatic rings. The molecule has 0 unspecified atom stereocenters. The van der Waals surface area contributed by atoms with Crippen molar-refractivity contribution >= 4 is 21.5 Å². The van der Waals surface area contributed by atoms with Gasteiger partial charge in [0.05, 0.1) is 0 Å². The van der Waals surface area contributed by atoms with Crippen molar-refractivity contribution in [2.24, 2.45) is 0 Å². The van der Waals surface area contributed by atoms with Crippen LogP contribution in [0.2, 0.25) is 0 Å². The molecule has 0 N–H and O–H groups in total. The van der Waals surface area contributed by atoms with Crippen LogP contribution in [0.15, 0.2) is 97.1 Å². The van der Waals surface area contributed by atoms with Gasteiger partial charge in [-0.3, -0.25) is 0 Å². The Morgan fingerprint density at radius 2 is 0.775 bits per heavy atom. The molecular formula is C40H34. The average Bonchev–Trinajstić information content (AvgIpc) is 2.95. The Morgan fingerprint density at radius 1 is 0.400 bits per heavy atom. The van der Waals surface area contributed by atoms with E-state index in [0.717, 1.165) is 0 Å². The Hall–Kier alpha value is -4.16. The van der Waals surface area contributed by atoms with E-state index in [0.29, 0.717) is 0 Å². The fourth-order valence-electron chi connectivity index (χ4n) is 8.18. The fraction of sp³-hybridized carbons (Fsp3) is 0.200. The summed E-state index contributed by atoms with van der Waals surface area (Å²) < 4.78 is 0.